The molecule has 0 radical (unpaired) electrons. The van der Waals surface area contributed by atoms with E-state index in [0.717, 1.165) is 18.5 Å². The Kier molecular flexibility index (Phi) is 2.99. The lowest BCUT2D eigenvalue weighted by molar-refractivity contribution is 0.0645. The highest BCUT2D eigenvalue weighted by atomic mass is 16.2. The van der Waals surface area contributed by atoms with Crippen LogP contribution in [0.15, 0.2) is 24.3 Å². The minimum atomic E-state index is 0.205. The van der Waals surface area contributed by atoms with E-state index in [4.69, 9.17) is 0 Å². The van der Waals surface area contributed by atoms with Gasteiger partial charge in [0.15, 0.2) is 0 Å². The normalized spacial score (nSPS) is 16.8. The summed E-state index contributed by atoms with van der Waals surface area (Å²) in [5.74, 6) is 0.722. The molecule has 2 nitrogen and oxygen atoms in total. The molecular weight excluding hydrogens is 198 g/mol. The Morgan fingerprint density at radius 1 is 1.31 bits per heavy atom. The van der Waals surface area contributed by atoms with Crippen LogP contribution in [0, 0.1) is 5.92 Å². The van der Waals surface area contributed by atoms with Gasteiger partial charge in [0, 0.05) is 18.2 Å². The summed E-state index contributed by atoms with van der Waals surface area (Å²) in [5.41, 5.74) is 2.06. The second-order valence-electron chi connectivity index (χ2n) is 4.81. The standard InChI is InChI=1S/C14H19NO/c1-4-13(10(2)3)15-9-11-7-5-6-8-12(11)14(15)16/h5-8,10,13H,4,9H2,1-3H3/t13-/m0/s1. The molecule has 0 spiro atoms. The molecule has 0 aliphatic carbocycles. The molecule has 0 bridgehead atoms. The zero-order valence-corrected chi connectivity index (χ0v) is 10.2. The van der Waals surface area contributed by atoms with Crippen LogP contribution in [-0.2, 0) is 6.54 Å². The summed E-state index contributed by atoms with van der Waals surface area (Å²) < 4.78 is 0. The number of nitrogens with zero attached hydrogens (tertiary/aromatic N) is 1. The quantitative estimate of drug-likeness (QED) is 0.762. The minimum absolute atomic E-state index is 0.205. The Morgan fingerprint density at radius 3 is 2.56 bits per heavy atom. The Bertz CT molecular complexity index is 397. The van der Waals surface area contributed by atoms with E-state index in [0.29, 0.717) is 12.0 Å². The van der Waals surface area contributed by atoms with Crippen molar-refractivity contribution in [2.24, 2.45) is 5.92 Å². The van der Waals surface area contributed by atoms with Crippen molar-refractivity contribution >= 4 is 5.91 Å². The number of amides is 1. The zero-order chi connectivity index (χ0) is 11.7. The smallest absolute Gasteiger partial charge is 0.254 e. The number of carbonyl (C=O) groups is 1. The van der Waals surface area contributed by atoms with Gasteiger partial charge in [-0.15, -0.1) is 0 Å². The summed E-state index contributed by atoms with van der Waals surface area (Å²) >= 11 is 0. The maximum Gasteiger partial charge on any atom is 0.254 e. The number of benzene rings is 1. The third-order valence-corrected chi connectivity index (χ3v) is 3.44. The first-order valence-electron chi connectivity index (χ1n) is 6.04. The molecule has 1 aliphatic rings. The number of fused-ring (bicyclic) bond motifs is 1. The fourth-order valence-electron chi connectivity index (χ4n) is 2.60. The topological polar surface area (TPSA) is 20.3 Å². The highest BCUT2D eigenvalue weighted by molar-refractivity contribution is 5.98. The summed E-state index contributed by atoms with van der Waals surface area (Å²) in [4.78, 5) is 14.3. The first-order chi connectivity index (χ1) is 7.65. The van der Waals surface area contributed by atoms with E-state index in [1.165, 1.54) is 5.56 Å². The van der Waals surface area contributed by atoms with Crippen LogP contribution in [0.4, 0.5) is 0 Å². The summed E-state index contributed by atoms with van der Waals surface area (Å²) in [7, 11) is 0. The number of hydrogen-bond acceptors (Lipinski definition) is 1. The predicted molar refractivity (Wildman–Crippen MR) is 65.2 cm³/mol. The van der Waals surface area contributed by atoms with Crippen molar-refractivity contribution in [1.29, 1.82) is 0 Å². The molecule has 16 heavy (non-hydrogen) atoms. The average molecular weight is 217 g/mol. The van der Waals surface area contributed by atoms with Crippen molar-refractivity contribution in [2.75, 3.05) is 0 Å². The molecule has 2 heteroatoms. The second kappa shape index (κ2) is 4.28. The van der Waals surface area contributed by atoms with E-state index >= 15 is 0 Å². The lowest BCUT2D eigenvalue weighted by Crippen LogP contribution is -2.38. The van der Waals surface area contributed by atoms with Gasteiger partial charge in [0.1, 0.15) is 0 Å². The van der Waals surface area contributed by atoms with Crippen molar-refractivity contribution in [3.05, 3.63) is 35.4 Å². The van der Waals surface area contributed by atoms with Crippen molar-refractivity contribution in [3.63, 3.8) is 0 Å². The molecule has 1 aromatic rings. The maximum absolute atomic E-state index is 12.2. The van der Waals surface area contributed by atoms with Gasteiger partial charge in [-0.25, -0.2) is 0 Å². The molecule has 2 rings (SSSR count). The Labute approximate surface area is 97.3 Å². The van der Waals surface area contributed by atoms with Crippen molar-refractivity contribution in [1.82, 2.24) is 4.90 Å². The van der Waals surface area contributed by atoms with Crippen molar-refractivity contribution in [3.8, 4) is 0 Å². The van der Waals surface area contributed by atoms with Crippen LogP contribution in [0.2, 0.25) is 0 Å². The summed E-state index contributed by atoms with van der Waals surface area (Å²) in [6.07, 6.45) is 1.03. The van der Waals surface area contributed by atoms with E-state index in [1.807, 2.05) is 23.1 Å². The van der Waals surface area contributed by atoms with Crippen LogP contribution in [0.5, 0.6) is 0 Å². The molecule has 86 valence electrons. The fraction of sp³-hybridized carbons (Fsp3) is 0.500. The molecule has 0 aromatic heterocycles. The SMILES string of the molecule is CC[C@@H](C(C)C)N1Cc2ccccc2C1=O. The van der Waals surface area contributed by atoms with Crippen LogP contribution in [-0.4, -0.2) is 16.8 Å². The van der Waals surface area contributed by atoms with Gasteiger partial charge in [-0.05, 0) is 24.0 Å². The van der Waals surface area contributed by atoms with Gasteiger partial charge < -0.3 is 4.90 Å². The summed E-state index contributed by atoms with van der Waals surface area (Å²) in [6.45, 7) is 7.31. The van der Waals surface area contributed by atoms with Crippen LogP contribution in [0.1, 0.15) is 43.1 Å². The summed E-state index contributed by atoms with van der Waals surface area (Å²) in [5, 5.41) is 0. The van der Waals surface area contributed by atoms with Gasteiger partial charge in [0.25, 0.3) is 5.91 Å². The van der Waals surface area contributed by atoms with E-state index < -0.39 is 0 Å². The van der Waals surface area contributed by atoms with Gasteiger partial charge in [-0.1, -0.05) is 39.0 Å². The van der Waals surface area contributed by atoms with Crippen molar-refractivity contribution < 1.29 is 4.79 Å². The monoisotopic (exact) mass is 217 g/mol. The largest absolute Gasteiger partial charge is 0.331 e. The third-order valence-electron chi connectivity index (χ3n) is 3.44. The van der Waals surface area contributed by atoms with Gasteiger partial charge in [0.2, 0.25) is 0 Å². The lowest BCUT2D eigenvalue weighted by Gasteiger charge is -2.30. The highest BCUT2D eigenvalue weighted by Crippen LogP contribution is 2.27. The zero-order valence-electron chi connectivity index (χ0n) is 10.2. The summed E-state index contributed by atoms with van der Waals surface area (Å²) in [6, 6.07) is 8.30. The molecule has 1 aromatic carbocycles. The molecule has 0 fully saturated rings. The number of hydrogen-bond donors (Lipinski definition) is 0. The maximum atomic E-state index is 12.2. The molecule has 1 aliphatic heterocycles. The molecule has 0 unspecified atom stereocenters. The Balaban J connectivity index is 2.27. The predicted octanol–water partition coefficient (Wildman–Crippen LogP) is 3.08. The first kappa shape index (κ1) is 11.2. The van der Waals surface area contributed by atoms with Crippen LogP contribution in [0.3, 0.4) is 0 Å². The van der Waals surface area contributed by atoms with Gasteiger partial charge in [-0.3, -0.25) is 4.79 Å². The van der Waals surface area contributed by atoms with E-state index in [9.17, 15) is 4.79 Å². The second-order valence-corrected chi connectivity index (χ2v) is 4.81. The number of rotatable bonds is 3. The first-order valence-corrected chi connectivity index (χ1v) is 6.04. The molecule has 1 atom stereocenters. The highest BCUT2D eigenvalue weighted by Gasteiger charge is 2.32. The van der Waals surface area contributed by atoms with E-state index in [2.05, 4.69) is 26.8 Å². The molecule has 0 saturated heterocycles. The fourth-order valence-corrected chi connectivity index (χ4v) is 2.60. The van der Waals surface area contributed by atoms with Gasteiger partial charge >= 0.3 is 0 Å². The molecule has 0 saturated carbocycles. The van der Waals surface area contributed by atoms with Gasteiger partial charge in [-0.2, -0.15) is 0 Å². The molecule has 1 amide bonds. The molecule has 0 N–H and O–H groups in total. The minimum Gasteiger partial charge on any atom is -0.331 e. The Hall–Kier alpha value is -1.31. The molecular formula is C14H19NO. The van der Waals surface area contributed by atoms with Crippen LogP contribution in [0.25, 0.3) is 0 Å². The number of carbonyl (C=O) groups excluding carboxylic acids is 1. The van der Waals surface area contributed by atoms with Crippen LogP contribution < -0.4 is 0 Å². The third kappa shape index (κ3) is 1.73. The van der Waals surface area contributed by atoms with Crippen molar-refractivity contribution in [2.45, 2.75) is 39.8 Å². The molecule has 1 heterocycles. The van der Waals surface area contributed by atoms with Gasteiger partial charge in [0.05, 0.1) is 0 Å². The van der Waals surface area contributed by atoms with Crippen LogP contribution >= 0.6 is 0 Å². The average Bonchev–Trinajstić information content (AvgIpc) is 2.58. The lowest BCUT2D eigenvalue weighted by atomic mass is 10.0. The van der Waals surface area contributed by atoms with E-state index in [-0.39, 0.29) is 5.91 Å². The van der Waals surface area contributed by atoms with E-state index in [1.54, 1.807) is 0 Å². The Morgan fingerprint density at radius 2 is 2.00 bits per heavy atom.